The van der Waals surface area contributed by atoms with Gasteiger partial charge in [-0.25, -0.2) is 0 Å². The summed E-state index contributed by atoms with van der Waals surface area (Å²) in [7, 11) is 0. The smallest absolute Gasteiger partial charge is 0.306 e. The monoisotopic (exact) mass is 1040 g/mol. The average Bonchev–Trinajstić information content (AvgIpc) is 3.41. The van der Waals surface area contributed by atoms with Crippen LogP contribution >= 0.6 is 0 Å². The Labute approximate surface area is 462 Å². The van der Waals surface area contributed by atoms with Crippen LogP contribution in [0.2, 0.25) is 0 Å². The summed E-state index contributed by atoms with van der Waals surface area (Å²) in [5.41, 5.74) is 0. The second-order valence-electron chi connectivity index (χ2n) is 20.2. The molecule has 0 aliphatic rings. The minimum absolute atomic E-state index is 0.0983. The molecule has 0 rings (SSSR count). The van der Waals surface area contributed by atoms with Gasteiger partial charge in [-0.05, 0) is 128 Å². The fourth-order valence-electron chi connectivity index (χ4n) is 8.34. The summed E-state index contributed by atoms with van der Waals surface area (Å²) in [4.78, 5) is 38.3. The average molecular weight is 1040 g/mol. The predicted octanol–water partition coefficient (Wildman–Crippen LogP) is 21.2. The molecule has 0 aromatic rings. The molecule has 0 fully saturated rings. The molecular formula is C69H114O6. The van der Waals surface area contributed by atoms with Crippen LogP contribution in [-0.2, 0) is 28.6 Å². The topological polar surface area (TPSA) is 78.9 Å². The maximum atomic E-state index is 12.9. The Kier molecular flexibility index (Phi) is 58.9. The molecule has 0 N–H and O–H groups in total. The van der Waals surface area contributed by atoms with Gasteiger partial charge in [-0.1, -0.05) is 251 Å². The summed E-state index contributed by atoms with van der Waals surface area (Å²) < 4.78 is 16.9. The van der Waals surface area contributed by atoms with Crippen LogP contribution in [0.3, 0.4) is 0 Å². The Bertz CT molecular complexity index is 1570. The Morgan fingerprint density at radius 2 is 0.520 bits per heavy atom. The number of hydrogen-bond donors (Lipinski definition) is 0. The molecule has 6 nitrogen and oxygen atoms in total. The highest BCUT2D eigenvalue weighted by molar-refractivity contribution is 5.71. The van der Waals surface area contributed by atoms with Crippen molar-refractivity contribution in [2.75, 3.05) is 13.2 Å². The molecule has 1 unspecified atom stereocenters. The number of allylic oxidation sites excluding steroid dienone is 20. The van der Waals surface area contributed by atoms with Crippen molar-refractivity contribution < 1.29 is 28.6 Å². The van der Waals surface area contributed by atoms with Crippen molar-refractivity contribution in [3.8, 4) is 0 Å². The largest absolute Gasteiger partial charge is 0.462 e. The molecule has 0 aromatic heterocycles. The van der Waals surface area contributed by atoms with Gasteiger partial charge in [-0.3, -0.25) is 14.4 Å². The van der Waals surface area contributed by atoms with Crippen LogP contribution in [0, 0.1) is 0 Å². The SMILES string of the molecule is CC/C=C\C/C=C\C/C=C\C/C=C\C/C=C\C/C=C\CCCCCCCCC(=O)OCC(COC(=O)CCCCC/C=C\C/C=C\C/C=C\CC)OC(=O)CCCCCCCCCCC/C=C\CCCCCCCC. The lowest BCUT2D eigenvalue weighted by Gasteiger charge is -2.18. The lowest BCUT2D eigenvalue weighted by molar-refractivity contribution is -0.167. The van der Waals surface area contributed by atoms with Crippen LogP contribution in [0.25, 0.3) is 0 Å². The second-order valence-corrected chi connectivity index (χ2v) is 20.2. The minimum Gasteiger partial charge on any atom is -0.462 e. The van der Waals surface area contributed by atoms with Crippen molar-refractivity contribution in [2.24, 2.45) is 0 Å². The van der Waals surface area contributed by atoms with E-state index in [0.717, 1.165) is 135 Å². The number of hydrogen-bond acceptors (Lipinski definition) is 6. The van der Waals surface area contributed by atoms with Gasteiger partial charge in [-0.15, -0.1) is 0 Å². The van der Waals surface area contributed by atoms with E-state index in [4.69, 9.17) is 14.2 Å². The van der Waals surface area contributed by atoms with Gasteiger partial charge in [-0.2, -0.15) is 0 Å². The molecule has 0 heterocycles. The number of unbranched alkanes of at least 4 members (excludes halogenated alkanes) is 24. The van der Waals surface area contributed by atoms with E-state index in [1.807, 2.05) is 0 Å². The number of ether oxygens (including phenoxy) is 3. The van der Waals surface area contributed by atoms with Crippen molar-refractivity contribution in [3.05, 3.63) is 122 Å². The molecule has 1 atom stereocenters. The summed E-state index contributed by atoms with van der Waals surface area (Å²) in [6, 6.07) is 0. The van der Waals surface area contributed by atoms with Crippen LogP contribution in [0.4, 0.5) is 0 Å². The Balaban J connectivity index is 4.40. The van der Waals surface area contributed by atoms with E-state index in [1.165, 1.54) is 103 Å². The van der Waals surface area contributed by atoms with Gasteiger partial charge < -0.3 is 14.2 Å². The van der Waals surface area contributed by atoms with Gasteiger partial charge >= 0.3 is 17.9 Å². The van der Waals surface area contributed by atoms with Gasteiger partial charge in [0.2, 0.25) is 0 Å². The van der Waals surface area contributed by atoms with Crippen LogP contribution in [0.15, 0.2) is 122 Å². The number of carbonyl (C=O) groups is 3. The summed E-state index contributed by atoms with van der Waals surface area (Å²) in [6.07, 6.45) is 86.3. The second kappa shape index (κ2) is 62.4. The van der Waals surface area contributed by atoms with Crippen LogP contribution in [0.1, 0.15) is 278 Å². The Hall–Kier alpha value is -4.19. The third kappa shape index (κ3) is 60.6. The highest BCUT2D eigenvalue weighted by Crippen LogP contribution is 2.15. The normalized spacial score (nSPS) is 12.9. The summed E-state index contributed by atoms with van der Waals surface area (Å²) in [5, 5.41) is 0. The van der Waals surface area contributed by atoms with Crippen molar-refractivity contribution >= 4 is 17.9 Å². The molecule has 0 amide bonds. The molecule has 426 valence electrons. The molecule has 0 radical (unpaired) electrons. The molecule has 0 saturated heterocycles. The number of rotatable bonds is 55. The van der Waals surface area contributed by atoms with E-state index < -0.39 is 6.10 Å². The minimum atomic E-state index is -0.802. The van der Waals surface area contributed by atoms with Crippen molar-refractivity contribution in [1.29, 1.82) is 0 Å². The number of esters is 3. The zero-order chi connectivity index (χ0) is 54.3. The molecule has 0 aromatic carbocycles. The van der Waals surface area contributed by atoms with Gasteiger partial charge in [0.15, 0.2) is 6.10 Å². The highest BCUT2D eigenvalue weighted by atomic mass is 16.6. The first-order chi connectivity index (χ1) is 37.0. The fraction of sp³-hybridized carbons (Fsp3) is 0.667. The van der Waals surface area contributed by atoms with E-state index in [1.54, 1.807) is 0 Å². The van der Waals surface area contributed by atoms with Crippen molar-refractivity contribution in [2.45, 2.75) is 284 Å². The molecule has 0 aliphatic heterocycles. The Morgan fingerprint density at radius 1 is 0.280 bits per heavy atom. The molecule has 0 saturated carbocycles. The zero-order valence-corrected chi connectivity index (χ0v) is 48.8. The van der Waals surface area contributed by atoms with Crippen LogP contribution in [0.5, 0.6) is 0 Å². The predicted molar refractivity (Wildman–Crippen MR) is 325 cm³/mol. The first kappa shape index (κ1) is 70.8. The van der Waals surface area contributed by atoms with Crippen LogP contribution < -0.4 is 0 Å². The molecule has 6 heteroatoms. The lowest BCUT2D eigenvalue weighted by atomic mass is 10.1. The third-order valence-corrected chi connectivity index (χ3v) is 12.9. The van der Waals surface area contributed by atoms with Gasteiger partial charge in [0, 0.05) is 19.3 Å². The summed E-state index contributed by atoms with van der Waals surface area (Å²) in [5.74, 6) is -0.941. The summed E-state index contributed by atoms with van der Waals surface area (Å²) in [6.45, 7) is 6.38. The van der Waals surface area contributed by atoms with E-state index >= 15 is 0 Å². The van der Waals surface area contributed by atoms with Gasteiger partial charge in [0.05, 0.1) is 0 Å². The molecule has 0 aliphatic carbocycles. The third-order valence-electron chi connectivity index (χ3n) is 12.9. The zero-order valence-electron chi connectivity index (χ0n) is 48.8. The first-order valence-corrected chi connectivity index (χ1v) is 31.0. The van der Waals surface area contributed by atoms with E-state index in [-0.39, 0.29) is 31.1 Å². The standard InChI is InChI=1S/C69H114O6/c1-4-7-10-13-16-19-22-25-27-29-31-32-33-34-35-36-38-39-41-44-47-50-53-56-59-62-68(71)74-65-66(64-73-67(70)61-58-55-52-49-46-43-24-21-18-15-12-9-6-3)75-69(72)63-60-57-54-51-48-45-42-40-37-30-28-26-23-20-17-14-11-8-5-2/h7,9-10,12,16,18-19,21,25-28,31-32,34-35,38-39,43,46,66H,4-6,8,11,13-15,17,20,22-24,29-30,33,36-37,40-42,44-45,47-65H2,1-3H3/b10-7-,12-9-,19-16-,21-18-,27-25-,28-26-,32-31-,35-34-,39-38-,46-43-. The van der Waals surface area contributed by atoms with Crippen molar-refractivity contribution in [1.82, 2.24) is 0 Å². The first-order valence-electron chi connectivity index (χ1n) is 31.0. The van der Waals surface area contributed by atoms with Crippen molar-refractivity contribution in [3.63, 3.8) is 0 Å². The Morgan fingerprint density at radius 3 is 0.840 bits per heavy atom. The lowest BCUT2D eigenvalue weighted by Crippen LogP contribution is -2.30. The maximum Gasteiger partial charge on any atom is 0.306 e. The molecule has 0 bridgehead atoms. The maximum absolute atomic E-state index is 12.9. The molecule has 0 spiro atoms. The van der Waals surface area contributed by atoms with Gasteiger partial charge in [0.25, 0.3) is 0 Å². The van der Waals surface area contributed by atoms with Crippen LogP contribution in [-0.4, -0.2) is 37.2 Å². The number of carbonyl (C=O) groups excluding carboxylic acids is 3. The summed E-state index contributed by atoms with van der Waals surface area (Å²) >= 11 is 0. The fourth-order valence-corrected chi connectivity index (χ4v) is 8.34. The van der Waals surface area contributed by atoms with E-state index in [9.17, 15) is 14.4 Å². The van der Waals surface area contributed by atoms with Gasteiger partial charge in [0.1, 0.15) is 13.2 Å². The quantitative estimate of drug-likeness (QED) is 0.0261. The van der Waals surface area contributed by atoms with E-state index in [2.05, 4.69) is 142 Å². The highest BCUT2D eigenvalue weighted by Gasteiger charge is 2.19. The molecule has 75 heavy (non-hydrogen) atoms. The van der Waals surface area contributed by atoms with E-state index in [0.29, 0.717) is 19.3 Å². The molecular weight excluding hydrogens is 925 g/mol.